The lowest BCUT2D eigenvalue weighted by Crippen LogP contribution is -2.45. The average molecular weight is 338 g/mol. The van der Waals surface area contributed by atoms with E-state index in [1.807, 2.05) is 0 Å². The number of aromatic nitrogens is 2. The lowest BCUT2D eigenvalue weighted by atomic mass is 10.1. The Morgan fingerprint density at radius 2 is 1.88 bits per heavy atom. The number of nitrogens with zero attached hydrogens (tertiary/aromatic N) is 4. The second-order valence-corrected chi connectivity index (χ2v) is 6.67. The summed E-state index contributed by atoms with van der Waals surface area (Å²) in [7, 11) is 2.13. The van der Waals surface area contributed by atoms with E-state index in [2.05, 4.69) is 64.2 Å². The van der Waals surface area contributed by atoms with Crippen molar-refractivity contribution in [2.45, 2.75) is 20.4 Å². The summed E-state index contributed by atoms with van der Waals surface area (Å²) in [6, 6.07) is 6.45. The van der Waals surface area contributed by atoms with Gasteiger partial charge in [-0.15, -0.1) is 0 Å². The van der Waals surface area contributed by atoms with E-state index >= 15 is 0 Å². The van der Waals surface area contributed by atoms with Crippen molar-refractivity contribution in [1.82, 2.24) is 14.9 Å². The number of aryl methyl sites for hydroxylation is 2. The summed E-state index contributed by atoms with van der Waals surface area (Å²) in [4.78, 5) is 13.4. The van der Waals surface area contributed by atoms with E-state index in [4.69, 9.17) is 5.41 Å². The second-order valence-electron chi connectivity index (χ2n) is 6.67. The predicted molar refractivity (Wildman–Crippen MR) is 103 cm³/mol. The lowest BCUT2D eigenvalue weighted by molar-refractivity contribution is 0.312. The van der Waals surface area contributed by atoms with Gasteiger partial charge in [-0.1, -0.05) is 18.2 Å². The van der Waals surface area contributed by atoms with Crippen molar-refractivity contribution < 1.29 is 0 Å². The summed E-state index contributed by atoms with van der Waals surface area (Å²) in [5.74, 6) is 1.57. The lowest BCUT2D eigenvalue weighted by Gasteiger charge is -2.34. The molecule has 3 rings (SSSR count). The van der Waals surface area contributed by atoms with Crippen LogP contribution in [0.3, 0.4) is 0 Å². The molecule has 0 aliphatic carbocycles. The topological polar surface area (TPSA) is 68.1 Å². The van der Waals surface area contributed by atoms with Gasteiger partial charge in [0.05, 0.1) is 5.56 Å². The minimum absolute atomic E-state index is 0.682. The SMILES string of the molecule is Cc1ccc(CNc2ncnc(N3CCN(C)CC3)c2C=N)cc1C. The van der Waals surface area contributed by atoms with E-state index in [0.717, 1.165) is 43.4 Å². The van der Waals surface area contributed by atoms with Crippen molar-refractivity contribution >= 4 is 17.9 Å². The van der Waals surface area contributed by atoms with Crippen molar-refractivity contribution in [3.05, 3.63) is 46.8 Å². The van der Waals surface area contributed by atoms with Gasteiger partial charge >= 0.3 is 0 Å². The fraction of sp³-hybridized carbons (Fsp3) is 0.421. The number of anilines is 2. The van der Waals surface area contributed by atoms with E-state index < -0.39 is 0 Å². The highest BCUT2D eigenvalue weighted by atomic mass is 15.3. The van der Waals surface area contributed by atoms with Crippen LogP contribution >= 0.6 is 0 Å². The highest BCUT2D eigenvalue weighted by molar-refractivity contribution is 5.91. The van der Waals surface area contributed by atoms with Gasteiger partial charge in [0.15, 0.2) is 0 Å². The average Bonchev–Trinajstić information content (AvgIpc) is 2.63. The van der Waals surface area contributed by atoms with Gasteiger partial charge in [0.25, 0.3) is 0 Å². The number of benzene rings is 1. The van der Waals surface area contributed by atoms with Crippen molar-refractivity contribution in [3.63, 3.8) is 0 Å². The molecule has 0 saturated carbocycles. The Morgan fingerprint density at radius 3 is 2.56 bits per heavy atom. The number of piperazine rings is 1. The molecule has 1 fully saturated rings. The minimum atomic E-state index is 0.682. The van der Waals surface area contributed by atoms with Gasteiger partial charge in [-0.2, -0.15) is 0 Å². The van der Waals surface area contributed by atoms with E-state index in [-0.39, 0.29) is 0 Å². The number of hydrogen-bond acceptors (Lipinski definition) is 6. The molecule has 0 atom stereocenters. The molecule has 132 valence electrons. The highest BCUT2D eigenvalue weighted by Gasteiger charge is 2.19. The molecule has 0 bridgehead atoms. The third-order valence-corrected chi connectivity index (χ3v) is 4.84. The summed E-state index contributed by atoms with van der Waals surface area (Å²) in [6.45, 7) is 8.78. The standard InChI is InChI=1S/C19H26N6/c1-14-4-5-16(10-15(14)2)12-21-18-17(11-20)19(23-13-22-18)25-8-6-24(3)7-9-25/h4-5,10-11,13,20H,6-9,12H2,1-3H3,(H,21,22,23). The van der Waals surface area contributed by atoms with E-state index in [0.29, 0.717) is 6.54 Å². The maximum Gasteiger partial charge on any atom is 0.143 e. The van der Waals surface area contributed by atoms with Crippen LogP contribution in [0.15, 0.2) is 24.5 Å². The molecule has 0 unspecified atom stereocenters. The van der Waals surface area contributed by atoms with Crippen LogP contribution in [-0.2, 0) is 6.54 Å². The maximum atomic E-state index is 7.85. The Morgan fingerprint density at radius 1 is 1.12 bits per heavy atom. The zero-order valence-electron chi connectivity index (χ0n) is 15.2. The number of likely N-dealkylation sites (N-methyl/N-ethyl adjacent to an activating group) is 1. The molecule has 25 heavy (non-hydrogen) atoms. The molecule has 6 nitrogen and oxygen atoms in total. The molecule has 1 aromatic heterocycles. The van der Waals surface area contributed by atoms with Crippen molar-refractivity contribution in [1.29, 1.82) is 5.41 Å². The maximum absolute atomic E-state index is 7.85. The fourth-order valence-corrected chi connectivity index (χ4v) is 3.03. The van der Waals surface area contributed by atoms with Gasteiger partial charge in [0.2, 0.25) is 0 Å². The Hall–Kier alpha value is -2.47. The van der Waals surface area contributed by atoms with Gasteiger partial charge in [0.1, 0.15) is 18.0 Å². The van der Waals surface area contributed by atoms with E-state index in [9.17, 15) is 0 Å². The Labute approximate surface area is 149 Å². The summed E-state index contributed by atoms with van der Waals surface area (Å²) in [6.07, 6.45) is 2.94. The Balaban J connectivity index is 1.78. The molecular formula is C19H26N6. The molecule has 1 aliphatic rings. The molecule has 2 aromatic rings. The number of hydrogen-bond donors (Lipinski definition) is 2. The van der Waals surface area contributed by atoms with Crippen molar-refractivity contribution in [3.8, 4) is 0 Å². The molecular weight excluding hydrogens is 312 g/mol. The molecule has 0 spiro atoms. The van der Waals surface area contributed by atoms with E-state index in [1.165, 1.54) is 22.9 Å². The van der Waals surface area contributed by atoms with Crippen LogP contribution in [0, 0.1) is 19.3 Å². The summed E-state index contributed by atoms with van der Waals surface area (Å²) in [5, 5.41) is 11.2. The van der Waals surface area contributed by atoms with Crippen molar-refractivity contribution in [2.24, 2.45) is 0 Å². The van der Waals surface area contributed by atoms with Gasteiger partial charge in [0, 0.05) is 38.9 Å². The van der Waals surface area contributed by atoms with E-state index in [1.54, 1.807) is 6.33 Å². The smallest absolute Gasteiger partial charge is 0.143 e. The molecule has 0 radical (unpaired) electrons. The first-order valence-electron chi connectivity index (χ1n) is 8.67. The Bertz CT molecular complexity index is 750. The number of rotatable bonds is 5. The highest BCUT2D eigenvalue weighted by Crippen LogP contribution is 2.23. The largest absolute Gasteiger partial charge is 0.365 e. The first kappa shape index (κ1) is 17.4. The monoisotopic (exact) mass is 338 g/mol. The number of nitrogens with one attached hydrogen (secondary N) is 2. The van der Waals surface area contributed by atoms with Crippen molar-refractivity contribution in [2.75, 3.05) is 43.4 Å². The quantitative estimate of drug-likeness (QED) is 0.820. The molecule has 2 N–H and O–H groups in total. The van der Waals surface area contributed by atoms with Gasteiger partial charge in [-0.05, 0) is 37.6 Å². The predicted octanol–water partition coefficient (Wildman–Crippen LogP) is 2.46. The van der Waals surface area contributed by atoms with Crippen LogP contribution in [0.1, 0.15) is 22.3 Å². The minimum Gasteiger partial charge on any atom is -0.365 e. The second kappa shape index (κ2) is 7.61. The normalized spacial score (nSPS) is 15.2. The van der Waals surface area contributed by atoms with Crippen LogP contribution in [0.25, 0.3) is 0 Å². The van der Waals surface area contributed by atoms with Gasteiger partial charge < -0.3 is 20.5 Å². The third-order valence-electron chi connectivity index (χ3n) is 4.84. The molecule has 6 heteroatoms. The first-order valence-corrected chi connectivity index (χ1v) is 8.67. The third kappa shape index (κ3) is 3.96. The molecule has 1 saturated heterocycles. The summed E-state index contributed by atoms with van der Waals surface area (Å²) < 4.78 is 0. The fourth-order valence-electron chi connectivity index (χ4n) is 3.03. The van der Waals surface area contributed by atoms with Gasteiger partial charge in [-0.3, -0.25) is 0 Å². The zero-order valence-corrected chi connectivity index (χ0v) is 15.2. The molecule has 0 amide bonds. The van der Waals surface area contributed by atoms with Crippen LogP contribution in [0.5, 0.6) is 0 Å². The molecule has 1 aromatic carbocycles. The van der Waals surface area contributed by atoms with Crippen LogP contribution in [-0.4, -0.2) is 54.3 Å². The first-order chi connectivity index (χ1) is 12.1. The summed E-state index contributed by atoms with van der Waals surface area (Å²) in [5.41, 5.74) is 4.55. The van der Waals surface area contributed by atoms with Gasteiger partial charge in [-0.25, -0.2) is 9.97 Å². The molecule has 2 heterocycles. The molecule has 1 aliphatic heterocycles. The summed E-state index contributed by atoms with van der Waals surface area (Å²) >= 11 is 0. The van der Waals surface area contributed by atoms with Crippen LogP contribution < -0.4 is 10.2 Å². The zero-order chi connectivity index (χ0) is 17.8. The van der Waals surface area contributed by atoms with Crippen LogP contribution in [0.4, 0.5) is 11.6 Å². The van der Waals surface area contributed by atoms with Crippen LogP contribution in [0.2, 0.25) is 0 Å². The Kier molecular flexibility index (Phi) is 5.28.